The van der Waals surface area contributed by atoms with Gasteiger partial charge in [-0.25, -0.2) is 13.4 Å². The summed E-state index contributed by atoms with van der Waals surface area (Å²) in [5.74, 6) is -0.211. The molecule has 146 valence electrons. The second kappa shape index (κ2) is 7.81. The Balaban J connectivity index is 1.53. The molecule has 0 atom stereocenters. The van der Waals surface area contributed by atoms with Crippen molar-refractivity contribution < 1.29 is 13.2 Å². The number of nitrogens with zero attached hydrogens (tertiary/aromatic N) is 2. The molecule has 29 heavy (non-hydrogen) atoms. The van der Waals surface area contributed by atoms with Gasteiger partial charge in [0, 0.05) is 17.8 Å². The van der Waals surface area contributed by atoms with Gasteiger partial charge in [-0.05, 0) is 59.3 Å². The van der Waals surface area contributed by atoms with Gasteiger partial charge in [0.1, 0.15) is 0 Å². The maximum atomic E-state index is 12.3. The first-order chi connectivity index (χ1) is 13.9. The lowest BCUT2D eigenvalue weighted by Crippen LogP contribution is -2.19. The number of thioether (sulfide) groups is 1. The minimum atomic E-state index is -3.08. The number of amides is 1. The van der Waals surface area contributed by atoms with Gasteiger partial charge >= 0.3 is 0 Å². The Hall–Kier alpha value is -2.97. The number of aromatic nitrogens is 1. The molecule has 1 amide bonds. The lowest BCUT2D eigenvalue weighted by molar-refractivity contribution is -0.115. The van der Waals surface area contributed by atoms with E-state index < -0.39 is 9.84 Å². The first kappa shape index (κ1) is 19.4. The minimum absolute atomic E-state index is 0.0104. The SMILES string of the molecule is CS(=O)(=O)Cc1ccc(/N=C2/NC(=O)/C(=C/c3ccc4ncccc4c3)S2)cc1. The molecule has 1 aromatic heterocycles. The fourth-order valence-electron chi connectivity index (χ4n) is 2.90. The first-order valence-electron chi connectivity index (χ1n) is 8.77. The molecule has 4 rings (SSSR count). The Morgan fingerprint density at radius 2 is 1.93 bits per heavy atom. The molecule has 0 bridgehead atoms. The van der Waals surface area contributed by atoms with Gasteiger partial charge < -0.3 is 5.32 Å². The molecule has 0 saturated carbocycles. The number of aliphatic imine (C=N–C) groups is 1. The molecule has 0 aliphatic carbocycles. The Labute approximate surface area is 172 Å². The van der Waals surface area contributed by atoms with E-state index in [0.29, 0.717) is 21.3 Å². The molecule has 2 aromatic carbocycles. The summed E-state index contributed by atoms with van der Waals surface area (Å²) in [7, 11) is -3.08. The van der Waals surface area contributed by atoms with Crippen LogP contribution in [0.2, 0.25) is 0 Å². The minimum Gasteiger partial charge on any atom is -0.300 e. The highest BCUT2D eigenvalue weighted by atomic mass is 32.2. The third-order valence-corrected chi connectivity index (χ3v) is 5.94. The normalized spacial score (nSPS) is 17.2. The van der Waals surface area contributed by atoms with E-state index in [1.54, 1.807) is 30.5 Å². The molecule has 0 spiro atoms. The van der Waals surface area contributed by atoms with Gasteiger partial charge in [0.25, 0.3) is 5.91 Å². The summed E-state index contributed by atoms with van der Waals surface area (Å²) in [6.07, 6.45) is 4.77. The van der Waals surface area contributed by atoms with Crippen LogP contribution < -0.4 is 5.32 Å². The smallest absolute Gasteiger partial charge is 0.264 e. The fraction of sp³-hybridized carbons (Fsp3) is 0.0952. The highest BCUT2D eigenvalue weighted by Gasteiger charge is 2.23. The Morgan fingerprint density at radius 1 is 1.14 bits per heavy atom. The highest BCUT2D eigenvalue weighted by Crippen LogP contribution is 2.28. The molecular formula is C21H17N3O3S2. The van der Waals surface area contributed by atoms with E-state index in [1.807, 2.05) is 36.4 Å². The van der Waals surface area contributed by atoms with Crippen LogP contribution in [0.3, 0.4) is 0 Å². The maximum absolute atomic E-state index is 12.3. The monoisotopic (exact) mass is 423 g/mol. The predicted octanol–water partition coefficient (Wildman–Crippen LogP) is 3.67. The second-order valence-electron chi connectivity index (χ2n) is 6.67. The number of amidine groups is 1. The molecule has 1 fully saturated rings. The first-order valence-corrected chi connectivity index (χ1v) is 11.6. The molecule has 0 unspecified atom stereocenters. The van der Waals surface area contributed by atoms with Crippen molar-refractivity contribution in [3.05, 3.63) is 76.8 Å². The fourth-order valence-corrected chi connectivity index (χ4v) is 4.54. The van der Waals surface area contributed by atoms with Gasteiger partial charge in [-0.15, -0.1) is 0 Å². The van der Waals surface area contributed by atoms with E-state index in [0.717, 1.165) is 16.5 Å². The topological polar surface area (TPSA) is 88.5 Å². The number of fused-ring (bicyclic) bond motifs is 1. The summed E-state index contributed by atoms with van der Waals surface area (Å²) in [5.41, 5.74) is 3.16. The molecule has 1 saturated heterocycles. The van der Waals surface area contributed by atoms with Crippen molar-refractivity contribution in [2.75, 3.05) is 6.26 Å². The number of hydrogen-bond acceptors (Lipinski definition) is 6. The van der Waals surface area contributed by atoms with Gasteiger partial charge in [-0.3, -0.25) is 9.78 Å². The number of nitrogens with one attached hydrogen (secondary N) is 1. The molecule has 0 radical (unpaired) electrons. The number of pyridine rings is 1. The van der Waals surface area contributed by atoms with Gasteiger partial charge in [0.15, 0.2) is 15.0 Å². The van der Waals surface area contributed by atoms with Crippen LogP contribution in [0.25, 0.3) is 17.0 Å². The molecule has 1 aliphatic rings. The van der Waals surface area contributed by atoms with Gasteiger partial charge in [0.05, 0.1) is 21.9 Å². The van der Waals surface area contributed by atoms with Crippen molar-refractivity contribution in [2.24, 2.45) is 4.99 Å². The van der Waals surface area contributed by atoms with Gasteiger partial charge in [-0.2, -0.15) is 0 Å². The van der Waals surface area contributed by atoms with Crippen molar-refractivity contribution in [2.45, 2.75) is 5.75 Å². The molecular weight excluding hydrogens is 406 g/mol. The largest absolute Gasteiger partial charge is 0.300 e. The van der Waals surface area contributed by atoms with Crippen LogP contribution in [0.1, 0.15) is 11.1 Å². The number of benzene rings is 2. The van der Waals surface area contributed by atoms with Gasteiger partial charge in [-0.1, -0.05) is 24.3 Å². The lowest BCUT2D eigenvalue weighted by Gasteiger charge is -2.01. The number of carbonyl (C=O) groups is 1. The van der Waals surface area contributed by atoms with E-state index in [1.165, 1.54) is 18.0 Å². The van der Waals surface area contributed by atoms with Crippen LogP contribution >= 0.6 is 11.8 Å². The summed E-state index contributed by atoms with van der Waals surface area (Å²) in [4.78, 5) is 21.6. The summed E-state index contributed by atoms with van der Waals surface area (Å²) < 4.78 is 22.7. The Kier molecular flexibility index (Phi) is 5.21. The van der Waals surface area contributed by atoms with Crippen LogP contribution in [-0.2, 0) is 20.4 Å². The van der Waals surface area contributed by atoms with E-state index in [4.69, 9.17) is 0 Å². The number of sulfone groups is 1. The quantitative estimate of drug-likeness (QED) is 0.647. The summed E-state index contributed by atoms with van der Waals surface area (Å²) in [5, 5.41) is 4.25. The van der Waals surface area contributed by atoms with Crippen LogP contribution in [0.15, 0.2) is 70.7 Å². The van der Waals surface area contributed by atoms with Gasteiger partial charge in [0.2, 0.25) is 0 Å². The molecule has 6 nitrogen and oxygen atoms in total. The molecule has 1 N–H and O–H groups in total. The average molecular weight is 424 g/mol. The summed E-state index contributed by atoms with van der Waals surface area (Å²) in [6, 6.07) is 16.6. The van der Waals surface area contributed by atoms with Crippen LogP contribution in [0.4, 0.5) is 5.69 Å². The van der Waals surface area contributed by atoms with E-state index in [2.05, 4.69) is 15.3 Å². The van der Waals surface area contributed by atoms with Crippen molar-refractivity contribution >= 4 is 55.3 Å². The molecule has 1 aliphatic heterocycles. The molecule has 8 heteroatoms. The van der Waals surface area contributed by atoms with E-state index in [9.17, 15) is 13.2 Å². The standard InChI is InChI=1S/C21H17N3O3S2/c1-29(26,27)13-14-4-7-17(8-5-14)23-21-24-20(25)19(28-21)12-15-6-9-18-16(11-15)3-2-10-22-18/h2-12H,13H2,1H3,(H,23,24,25)/b19-12-. The van der Waals surface area contributed by atoms with E-state index in [-0.39, 0.29) is 11.7 Å². The van der Waals surface area contributed by atoms with Crippen molar-refractivity contribution in [1.82, 2.24) is 10.3 Å². The Bertz CT molecular complexity index is 1260. The number of carbonyl (C=O) groups excluding carboxylic acids is 1. The second-order valence-corrected chi connectivity index (χ2v) is 9.84. The Morgan fingerprint density at radius 3 is 2.69 bits per heavy atom. The van der Waals surface area contributed by atoms with E-state index >= 15 is 0 Å². The van der Waals surface area contributed by atoms with Crippen molar-refractivity contribution in [1.29, 1.82) is 0 Å². The summed E-state index contributed by atoms with van der Waals surface area (Å²) in [6.45, 7) is 0. The zero-order chi connectivity index (χ0) is 20.4. The van der Waals surface area contributed by atoms with Crippen LogP contribution in [-0.4, -0.2) is 30.7 Å². The van der Waals surface area contributed by atoms with Crippen molar-refractivity contribution in [3.8, 4) is 0 Å². The van der Waals surface area contributed by atoms with Crippen molar-refractivity contribution in [3.63, 3.8) is 0 Å². The predicted molar refractivity (Wildman–Crippen MR) is 118 cm³/mol. The van der Waals surface area contributed by atoms with Crippen LogP contribution in [0, 0.1) is 0 Å². The maximum Gasteiger partial charge on any atom is 0.264 e. The molecule has 3 aromatic rings. The average Bonchev–Trinajstić information content (AvgIpc) is 3.01. The third kappa shape index (κ3) is 4.90. The highest BCUT2D eigenvalue weighted by molar-refractivity contribution is 8.18. The van der Waals surface area contributed by atoms with Crippen LogP contribution in [0.5, 0.6) is 0 Å². The summed E-state index contributed by atoms with van der Waals surface area (Å²) >= 11 is 1.27. The third-order valence-electron chi connectivity index (χ3n) is 4.17. The lowest BCUT2D eigenvalue weighted by atomic mass is 10.1. The number of hydrogen-bond donors (Lipinski definition) is 1. The zero-order valence-electron chi connectivity index (χ0n) is 15.5. The number of rotatable bonds is 4. The molecule has 2 heterocycles. The zero-order valence-corrected chi connectivity index (χ0v) is 17.1.